The van der Waals surface area contributed by atoms with Crippen molar-refractivity contribution >= 4 is 10.8 Å². The molecule has 19 heavy (non-hydrogen) atoms. The quantitative estimate of drug-likeness (QED) is 0.712. The van der Waals surface area contributed by atoms with Gasteiger partial charge in [-0.3, -0.25) is 0 Å². The number of rotatable bonds is 8. The van der Waals surface area contributed by atoms with Crippen molar-refractivity contribution < 1.29 is 9.84 Å². The van der Waals surface area contributed by atoms with E-state index in [0.717, 1.165) is 19.6 Å². The number of benzene rings is 2. The predicted molar refractivity (Wildman–Crippen MR) is 78.4 cm³/mol. The summed E-state index contributed by atoms with van der Waals surface area (Å²) >= 11 is 0. The molecule has 0 atom stereocenters. The molecule has 0 aliphatic rings. The molecule has 102 valence electrons. The van der Waals surface area contributed by atoms with Gasteiger partial charge in [0, 0.05) is 13.1 Å². The Bertz CT molecular complexity index is 494. The fraction of sp³-hybridized carbons (Fsp3) is 0.375. The third-order valence-electron chi connectivity index (χ3n) is 3.11. The molecule has 0 bridgehead atoms. The van der Waals surface area contributed by atoms with Gasteiger partial charge in [-0.2, -0.15) is 0 Å². The minimum Gasteiger partial charge on any atom is -0.395 e. The molecule has 0 spiro atoms. The molecule has 0 unspecified atom stereocenters. The summed E-state index contributed by atoms with van der Waals surface area (Å²) < 4.78 is 5.59. The normalized spacial score (nSPS) is 11.0. The van der Waals surface area contributed by atoms with E-state index in [1.54, 1.807) is 0 Å². The molecule has 0 radical (unpaired) electrons. The van der Waals surface area contributed by atoms with E-state index in [4.69, 9.17) is 9.84 Å². The lowest BCUT2D eigenvalue weighted by Crippen LogP contribution is -2.23. The maximum Gasteiger partial charge on any atom is 0.0591 e. The summed E-state index contributed by atoms with van der Waals surface area (Å²) in [6.07, 6.45) is 0.932. The van der Waals surface area contributed by atoms with Crippen molar-refractivity contribution in [3.63, 3.8) is 0 Å². The summed E-state index contributed by atoms with van der Waals surface area (Å²) in [5.41, 5.74) is 1.33. The van der Waals surface area contributed by atoms with E-state index >= 15 is 0 Å². The molecular weight excluding hydrogens is 238 g/mol. The van der Waals surface area contributed by atoms with E-state index in [0.29, 0.717) is 13.2 Å². The Labute approximate surface area is 114 Å². The van der Waals surface area contributed by atoms with Crippen LogP contribution in [-0.2, 0) is 11.2 Å². The van der Waals surface area contributed by atoms with E-state index in [1.165, 1.54) is 16.3 Å². The van der Waals surface area contributed by atoms with E-state index in [2.05, 4.69) is 47.8 Å². The van der Waals surface area contributed by atoms with Crippen molar-refractivity contribution in [2.45, 2.75) is 6.42 Å². The molecule has 0 saturated carbocycles. The number of hydrogen-bond donors (Lipinski definition) is 2. The van der Waals surface area contributed by atoms with E-state index in [9.17, 15) is 0 Å². The van der Waals surface area contributed by atoms with E-state index in [1.807, 2.05) is 0 Å². The zero-order valence-corrected chi connectivity index (χ0v) is 11.1. The lowest BCUT2D eigenvalue weighted by Gasteiger charge is -2.08. The lowest BCUT2D eigenvalue weighted by molar-refractivity contribution is 0.138. The molecule has 2 aromatic carbocycles. The molecule has 3 nitrogen and oxygen atoms in total. The Kier molecular flexibility index (Phi) is 5.82. The number of aliphatic hydroxyl groups is 1. The molecule has 0 fully saturated rings. The molecule has 3 heteroatoms. The first-order valence-corrected chi connectivity index (χ1v) is 6.78. The number of hydrogen-bond acceptors (Lipinski definition) is 3. The average Bonchev–Trinajstić information content (AvgIpc) is 2.46. The second-order valence-electron chi connectivity index (χ2n) is 4.47. The predicted octanol–water partition coefficient (Wildman–Crippen LogP) is 1.98. The highest BCUT2D eigenvalue weighted by Crippen LogP contribution is 2.18. The summed E-state index contributed by atoms with van der Waals surface area (Å²) in [6, 6.07) is 14.8. The Hall–Kier alpha value is -1.42. The van der Waals surface area contributed by atoms with Gasteiger partial charge in [0.15, 0.2) is 0 Å². The summed E-state index contributed by atoms with van der Waals surface area (Å²) in [6.45, 7) is 3.01. The highest BCUT2D eigenvalue weighted by Gasteiger charge is 1.99. The zero-order chi connectivity index (χ0) is 13.3. The number of nitrogens with one attached hydrogen (secondary N) is 1. The molecule has 0 heterocycles. The van der Waals surface area contributed by atoms with Gasteiger partial charge in [-0.25, -0.2) is 0 Å². The van der Waals surface area contributed by atoms with Crippen LogP contribution in [0.15, 0.2) is 42.5 Å². The topological polar surface area (TPSA) is 41.5 Å². The summed E-state index contributed by atoms with van der Waals surface area (Å²) in [5.74, 6) is 0. The molecule has 0 saturated heterocycles. The fourth-order valence-corrected chi connectivity index (χ4v) is 2.14. The van der Waals surface area contributed by atoms with Crippen molar-refractivity contribution in [3.05, 3.63) is 48.0 Å². The second-order valence-corrected chi connectivity index (χ2v) is 4.47. The third kappa shape index (κ3) is 4.31. The van der Waals surface area contributed by atoms with Gasteiger partial charge in [0.1, 0.15) is 0 Å². The molecule has 2 rings (SSSR count). The van der Waals surface area contributed by atoms with Gasteiger partial charge in [0.2, 0.25) is 0 Å². The molecule has 0 aliphatic carbocycles. The highest BCUT2D eigenvalue weighted by atomic mass is 16.5. The van der Waals surface area contributed by atoms with E-state index < -0.39 is 0 Å². The van der Waals surface area contributed by atoms with Crippen LogP contribution in [0.5, 0.6) is 0 Å². The van der Waals surface area contributed by atoms with Crippen LogP contribution < -0.4 is 5.32 Å². The molecule has 2 aromatic rings. The van der Waals surface area contributed by atoms with Crippen LogP contribution in [0.2, 0.25) is 0 Å². The number of aliphatic hydroxyl groups excluding tert-OH is 1. The molecular formula is C16H21NO2. The Morgan fingerprint density at radius 1 is 0.947 bits per heavy atom. The van der Waals surface area contributed by atoms with Crippen molar-refractivity contribution in [3.8, 4) is 0 Å². The first-order chi connectivity index (χ1) is 9.42. The first-order valence-electron chi connectivity index (χ1n) is 6.78. The van der Waals surface area contributed by atoms with Gasteiger partial charge in [0.25, 0.3) is 0 Å². The van der Waals surface area contributed by atoms with Gasteiger partial charge in [-0.05, 0) is 22.8 Å². The van der Waals surface area contributed by atoms with Crippen LogP contribution in [-0.4, -0.2) is 38.0 Å². The fourth-order valence-electron chi connectivity index (χ4n) is 2.14. The molecule has 0 aromatic heterocycles. The van der Waals surface area contributed by atoms with Gasteiger partial charge >= 0.3 is 0 Å². The van der Waals surface area contributed by atoms with Crippen LogP contribution in [0.4, 0.5) is 0 Å². The van der Waals surface area contributed by atoms with Crippen LogP contribution in [0.25, 0.3) is 10.8 Å². The van der Waals surface area contributed by atoms with Gasteiger partial charge in [0.05, 0.1) is 19.8 Å². The standard InChI is InChI=1S/C16H21NO2/c18-11-9-17-10-13-19-12-8-15-6-3-5-14-4-1-2-7-16(14)15/h1-7,17-18H,8-13H2. The maximum absolute atomic E-state index is 8.61. The van der Waals surface area contributed by atoms with Crippen LogP contribution in [0, 0.1) is 0 Å². The van der Waals surface area contributed by atoms with Crippen molar-refractivity contribution in [2.24, 2.45) is 0 Å². The Morgan fingerprint density at radius 3 is 2.68 bits per heavy atom. The SMILES string of the molecule is OCCNCCOCCc1cccc2ccccc12. The van der Waals surface area contributed by atoms with Crippen LogP contribution in [0.1, 0.15) is 5.56 Å². The van der Waals surface area contributed by atoms with E-state index in [-0.39, 0.29) is 6.61 Å². The van der Waals surface area contributed by atoms with Gasteiger partial charge < -0.3 is 15.2 Å². The van der Waals surface area contributed by atoms with Crippen molar-refractivity contribution in [1.29, 1.82) is 0 Å². The highest BCUT2D eigenvalue weighted by molar-refractivity contribution is 5.85. The minimum absolute atomic E-state index is 0.177. The van der Waals surface area contributed by atoms with Crippen molar-refractivity contribution in [1.82, 2.24) is 5.32 Å². The van der Waals surface area contributed by atoms with Crippen molar-refractivity contribution in [2.75, 3.05) is 32.9 Å². The maximum atomic E-state index is 8.61. The summed E-state index contributed by atoms with van der Waals surface area (Å²) in [4.78, 5) is 0. The largest absolute Gasteiger partial charge is 0.395 e. The number of ether oxygens (including phenoxy) is 1. The molecule has 0 aliphatic heterocycles. The number of fused-ring (bicyclic) bond motifs is 1. The Balaban J connectivity index is 1.78. The van der Waals surface area contributed by atoms with Gasteiger partial charge in [-0.1, -0.05) is 42.5 Å². The smallest absolute Gasteiger partial charge is 0.0591 e. The summed E-state index contributed by atoms with van der Waals surface area (Å²) in [5, 5.41) is 14.3. The Morgan fingerprint density at radius 2 is 1.79 bits per heavy atom. The second kappa shape index (κ2) is 7.89. The third-order valence-corrected chi connectivity index (χ3v) is 3.11. The minimum atomic E-state index is 0.177. The van der Waals surface area contributed by atoms with Crippen LogP contribution >= 0.6 is 0 Å². The van der Waals surface area contributed by atoms with Crippen LogP contribution in [0.3, 0.4) is 0 Å². The van der Waals surface area contributed by atoms with Gasteiger partial charge in [-0.15, -0.1) is 0 Å². The zero-order valence-electron chi connectivity index (χ0n) is 11.1. The lowest BCUT2D eigenvalue weighted by atomic mass is 10.0. The molecule has 2 N–H and O–H groups in total. The monoisotopic (exact) mass is 259 g/mol. The summed E-state index contributed by atoms with van der Waals surface area (Å²) in [7, 11) is 0. The molecule has 0 amide bonds. The first kappa shape index (κ1) is 14.0. The average molecular weight is 259 g/mol.